The van der Waals surface area contributed by atoms with E-state index in [4.69, 9.17) is 9.47 Å². The maximum Gasteiger partial charge on any atom is 0.306 e. The molecule has 234 valence electrons. The number of hydrogen-bond donors (Lipinski definition) is 1. The van der Waals surface area contributed by atoms with Crippen molar-refractivity contribution in [2.24, 2.45) is 0 Å². The van der Waals surface area contributed by atoms with Crippen molar-refractivity contribution in [3.8, 4) is 0 Å². The highest BCUT2D eigenvalue weighted by molar-refractivity contribution is 5.70. The number of unbranched alkanes of at least 4 members (excludes halogenated alkanes) is 18. The van der Waals surface area contributed by atoms with Crippen LogP contribution in [0.3, 0.4) is 0 Å². The quantitative estimate of drug-likeness (QED) is 0.0534. The van der Waals surface area contributed by atoms with Gasteiger partial charge in [-0.2, -0.15) is 0 Å². The van der Waals surface area contributed by atoms with Gasteiger partial charge in [0.2, 0.25) is 0 Å². The smallest absolute Gasteiger partial charge is 0.306 e. The number of hydrogen-bond acceptors (Lipinski definition) is 5. The average Bonchev–Trinajstić information content (AvgIpc) is 2.96. The zero-order valence-corrected chi connectivity index (χ0v) is 26.4. The molecule has 1 atom stereocenters. The molecule has 0 spiro atoms. The van der Waals surface area contributed by atoms with Gasteiger partial charge in [-0.25, -0.2) is 0 Å². The number of aliphatic hydroxyl groups excluding tert-OH is 1. The second-order valence-electron chi connectivity index (χ2n) is 11.2. The van der Waals surface area contributed by atoms with E-state index in [2.05, 4.69) is 38.2 Å². The minimum atomic E-state index is -0.770. The van der Waals surface area contributed by atoms with Gasteiger partial charge in [0.1, 0.15) is 6.61 Å². The van der Waals surface area contributed by atoms with Gasteiger partial charge in [0.25, 0.3) is 0 Å². The number of rotatable bonds is 30. The van der Waals surface area contributed by atoms with Crippen molar-refractivity contribution in [2.75, 3.05) is 13.2 Å². The van der Waals surface area contributed by atoms with Gasteiger partial charge in [0.05, 0.1) is 6.61 Å². The van der Waals surface area contributed by atoms with E-state index in [1.165, 1.54) is 89.9 Å². The summed E-state index contributed by atoms with van der Waals surface area (Å²) in [6.45, 7) is 4.08. The summed E-state index contributed by atoms with van der Waals surface area (Å²) in [7, 11) is 0. The monoisotopic (exact) mass is 564 g/mol. The van der Waals surface area contributed by atoms with Crippen molar-refractivity contribution < 1.29 is 24.2 Å². The van der Waals surface area contributed by atoms with Crippen LogP contribution in [0, 0.1) is 0 Å². The van der Waals surface area contributed by atoms with Crippen LogP contribution in [0.1, 0.15) is 168 Å². The van der Waals surface area contributed by atoms with Crippen LogP contribution in [-0.4, -0.2) is 36.4 Å². The zero-order chi connectivity index (χ0) is 29.4. The minimum absolute atomic E-state index is 0.0698. The van der Waals surface area contributed by atoms with E-state index in [1.807, 2.05) is 0 Å². The predicted octanol–water partition coefficient (Wildman–Crippen LogP) is 9.95. The molecule has 0 saturated heterocycles. The van der Waals surface area contributed by atoms with Crippen molar-refractivity contribution >= 4 is 11.9 Å². The number of carbonyl (C=O) groups excluding carboxylic acids is 2. The largest absolute Gasteiger partial charge is 0.462 e. The maximum atomic E-state index is 12.1. The zero-order valence-electron chi connectivity index (χ0n) is 26.4. The number of carbonyl (C=O) groups is 2. The van der Waals surface area contributed by atoms with Crippen molar-refractivity contribution in [3.05, 3.63) is 24.3 Å². The first kappa shape index (κ1) is 38.4. The third-order valence-corrected chi connectivity index (χ3v) is 7.25. The summed E-state index contributed by atoms with van der Waals surface area (Å²) in [4.78, 5) is 24.1. The van der Waals surface area contributed by atoms with Gasteiger partial charge >= 0.3 is 11.9 Å². The fraction of sp³-hybridized carbons (Fsp3) is 0.829. The molecule has 0 aliphatic rings. The highest BCUT2D eigenvalue weighted by Crippen LogP contribution is 2.13. The minimum Gasteiger partial charge on any atom is -0.462 e. The lowest BCUT2D eigenvalue weighted by molar-refractivity contribution is -0.161. The van der Waals surface area contributed by atoms with Crippen LogP contribution in [0.5, 0.6) is 0 Å². The van der Waals surface area contributed by atoms with Crippen LogP contribution in [0.2, 0.25) is 0 Å². The standard InChI is InChI=1S/C35H64O5/c1-3-5-7-9-11-13-15-16-17-18-20-21-23-25-27-29-34(37)39-32-33(31-36)40-35(38)30-28-26-24-22-19-14-12-10-8-6-4-2/h11,13,16-17,33,36H,3-10,12,14-15,18-32H2,1-2H3/b13-11+,17-16+/t33-/m0/s1. The Morgan fingerprint density at radius 3 is 1.52 bits per heavy atom. The van der Waals surface area contributed by atoms with Crippen LogP contribution in [0.15, 0.2) is 24.3 Å². The lowest BCUT2D eigenvalue weighted by atomic mass is 10.1. The molecule has 0 aliphatic heterocycles. The van der Waals surface area contributed by atoms with E-state index in [1.54, 1.807) is 0 Å². The molecule has 0 bridgehead atoms. The van der Waals surface area contributed by atoms with Gasteiger partial charge in [-0.05, 0) is 44.9 Å². The van der Waals surface area contributed by atoms with Gasteiger partial charge in [-0.3, -0.25) is 9.59 Å². The maximum absolute atomic E-state index is 12.1. The Balaban J connectivity index is 3.60. The third kappa shape index (κ3) is 29.4. The molecule has 0 amide bonds. The van der Waals surface area contributed by atoms with Gasteiger partial charge in [-0.1, -0.05) is 134 Å². The van der Waals surface area contributed by atoms with Gasteiger partial charge in [0.15, 0.2) is 6.10 Å². The number of esters is 2. The van der Waals surface area contributed by atoms with Crippen LogP contribution in [0.25, 0.3) is 0 Å². The Labute approximate surface area is 247 Å². The molecule has 0 aliphatic carbocycles. The summed E-state index contributed by atoms with van der Waals surface area (Å²) in [5.74, 6) is -0.606. The Morgan fingerprint density at radius 2 is 1.00 bits per heavy atom. The lowest BCUT2D eigenvalue weighted by Gasteiger charge is -2.15. The fourth-order valence-electron chi connectivity index (χ4n) is 4.64. The molecule has 0 aromatic heterocycles. The molecule has 40 heavy (non-hydrogen) atoms. The van der Waals surface area contributed by atoms with Gasteiger partial charge in [-0.15, -0.1) is 0 Å². The summed E-state index contributed by atoms with van der Waals surface area (Å²) in [6.07, 6.45) is 35.1. The highest BCUT2D eigenvalue weighted by Gasteiger charge is 2.16. The Kier molecular flexibility index (Phi) is 30.6. The molecule has 0 aromatic carbocycles. The third-order valence-electron chi connectivity index (χ3n) is 7.25. The predicted molar refractivity (Wildman–Crippen MR) is 168 cm³/mol. The lowest BCUT2D eigenvalue weighted by Crippen LogP contribution is -2.28. The molecule has 0 rings (SSSR count). The van der Waals surface area contributed by atoms with Crippen LogP contribution < -0.4 is 0 Å². The van der Waals surface area contributed by atoms with E-state index in [0.717, 1.165) is 51.4 Å². The van der Waals surface area contributed by atoms with Gasteiger partial charge in [0, 0.05) is 12.8 Å². The molecule has 0 aromatic rings. The number of ether oxygens (including phenoxy) is 2. The Morgan fingerprint density at radius 1 is 0.575 bits per heavy atom. The molecule has 0 heterocycles. The van der Waals surface area contributed by atoms with Crippen LogP contribution >= 0.6 is 0 Å². The topological polar surface area (TPSA) is 72.8 Å². The first-order valence-corrected chi connectivity index (χ1v) is 16.9. The van der Waals surface area contributed by atoms with E-state index < -0.39 is 6.10 Å². The molecular weight excluding hydrogens is 500 g/mol. The van der Waals surface area contributed by atoms with E-state index in [9.17, 15) is 14.7 Å². The number of allylic oxidation sites excluding steroid dienone is 4. The Hall–Kier alpha value is -1.62. The molecule has 0 saturated carbocycles. The molecule has 0 fully saturated rings. The van der Waals surface area contributed by atoms with E-state index >= 15 is 0 Å². The molecule has 1 N–H and O–H groups in total. The second kappa shape index (κ2) is 31.9. The summed E-state index contributed by atoms with van der Waals surface area (Å²) in [5, 5.41) is 9.49. The first-order chi connectivity index (χ1) is 19.6. The van der Waals surface area contributed by atoms with E-state index in [-0.39, 0.29) is 25.2 Å². The molecule has 0 radical (unpaired) electrons. The first-order valence-electron chi connectivity index (χ1n) is 16.9. The fourth-order valence-corrected chi connectivity index (χ4v) is 4.64. The summed E-state index contributed by atoms with van der Waals surface area (Å²) < 4.78 is 10.5. The van der Waals surface area contributed by atoms with Crippen molar-refractivity contribution in [1.29, 1.82) is 0 Å². The second-order valence-corrected chi connectivity index (χ2v) is 11.2. The summed E-state index contributed by atoms with van der Waals surface area (Å²) in [6, 6.07) is 0. The average molecular weight is 565 g/mol. The highest BCUT2D eigenvalue weighted by atomic mass is 16.6. The Bertz CT molecular complexity index is 613. The van der Waals surface area contributed by atoms with Crippen LogP contribution in [0.4, 0.5) is 0 Å². The SMILES string of the molecule is CCCCC/C=C/C/C=C/CCCCCCCC(=O)OC[C@H](CO)OC(=O)CCCCCCCCCCCCC. The van der Waals surface area contributed by atoms with Gasteiger partial charge < -0.3 is 14.6 Å². The summed E-state index contributed by atoms with van der Waals surface area (Å²) in [5.41, 5.74) is 0. The molecule has 5 heteroatoms. The molecule has 0 unspecified atom stereocenters. The number of aliphatic hydroxyl groups is 1. The van der Waals surface area contributed by atoms with Crippen molar-refractivity contribution in [2.45, 2.75) is 174 Å². The summed E-state index contributed by atoms with van der Waals surface area (Å²) >= 11 is 0. The normalized spacial score (nSPS) is 12.4. The van der Waals surface area contributed by atoms with Crippen molar-refractivity contribution in [3.63, 3.8) is 0 Å². The molecular formula is C35H64O5. The van der Waals surface area contributed by atoms with Crippen LogP contribution in [-0.2, 0) is 19.1 Å². The van der Waals surface area contributed by atoms with Crippen molar-refractivity contribution in [1.82, 2.24) is 0 Å². The molecule has 5 nitrogen and oxygen atoms in total. The van der Waals surface area contributed by atoms with E-state index in [0.29, 0.717) is 12.8 Å².